The van der Waals surface area contributed by atoms with E-state index in [1.54, 1.807) is 6.07 Å². The molecule has 5 nitrogen and oxygen atoms in total. The molecule has 1 atom stereocenters. The van der Waals surface area contributed by atoms with Crippen LogP contribution >= 0.6 is 0 Å². The monoisotopic (exact) mass is 272 g/mol. The van der Waals surface area contributed by atoms with Crippen LogP contribution in [-0.2, 0) is 11.3 Å². The Labute approximate surface area is 116 Å². The summed E-state index contributed by atoms with van der Waals surface area (Å²) in [6.45, 7) is 0.468. The summed E-state index contributed by atoms with van der Waals surface area (Å²) < 4.78 is 0. The lowest BCUT2D eigenvalue weighted by atomic mass is 10.0. The third-order valence-electron chi connectivity index (χ3n) is 2.97. The van der Waals surface area contributed by atoms with Gasteiger partial charge in [0.1, 0.15) is 6.04 Å². The Morgan fingerprint density at radius 1 is 1.10 bits per heavy atom. The van der Waals surface area contributed by atoms with Gasteiger partial charge in [0.05, 0.1) is 0 Å². The summed E-state index contributed by atoms with van der Waals surface area (Å²) in [6.07, 6.45) is 0. The molecule has 0 radical (unpaired) electrons. The van der Waals surface area contributed by atoms with Crippen LogP contribution in [0.15, 0.2) is 48.5 Å². The van der Waals surface area contributed by atoms with Crippen LogP contribution in [0.1, 0.15) is 17.2 Å². The fraction of sp³-hybridized carbons (Fsp3) is 0.133. The van der Waals surface area contributed by atoms with E-state index >= 15 is 0 Å². The van der Waals surface area contributed by atoms with Crippen LogP contribution in [0.4, 0.5) is 0 Å². The van der Waals surface area contributed by atoms with Crippen LogP contribution in [0.2, 0.25) is 0 Å². The lowest BCUT2D eigenvalue weighted by molar-refractivity contribution is -0.120. The summed E-state index contributed by atoms with van der Waals surface area (Å²) in [6, 6.07) is 13.0. The molecule has 0 saturated carbocycles. The van der Waals surface area contributed by atoms with Crippen molar-refractivity contribution in [1.29, 1.82) is 0 Å². The largest absolute Gasteiger partial charge is 0.504 e. The number of carbonyl (C=O) groups excluding carboxylic acids is 1. The fourth-order valence-electron chi connectivity index (χ4n) is 1.92. The van der Waals surface area contributed by atoms with Crippen molar-refractivity contribution >= 4 is 5.91 Å². The SMILES string of the molecule is NC(=O)C(NCc1ccccc1)c1ccc(O)c(O)c1. The minimum Gasteiger partial charge on any atom is -0.504 e. The summed E-state index contributed by atoms with van der Waals surface area (Å²) in [5.74, 6) is -1.07. The van der Waals surface area contributed by atoms with Crippen LogP contribution in [0.5, 0.6) is 11.5 Å². The molecule has 5 N–H and O–H groups in total. The minimum absolute atomic E-state index is 0.236. The van der Waals surface area contributed by atoms with E-state index in [0.29, 0.717) is 12.1 Å². The van der Waals surface area contributed by atoms with Crippen molar-refractivity contribution in [3.05, 3.63) is 59.7 Å². The Morgan fingerprint density at radius 3 is 2.40 bits per heavy atom. The third-order valence-corrected chi connectivity index (χ3v) is 2.97. The first-order valence-electron chi connectivity index (χ1n) is 6.16. The fourth-order valence-corrected chi connectivity index (χ4v) is 1.92. The molecule has 2 aromatic rings. The van der Waals surface area contributed by atoms with Gasteiger partial charge < -0.3 is 15.9 Å². The quantitative estimate of drug-likeness (QED) is 0.619. The van der Waals surface area contributed by atoms with Gasteiger partial charge in [0.15, 0.2) is 11.5 Å². The lowest BCUT2D eigenvalue weighted by Crippen LogP contribution is -2.33. The first-order valence-corrected chi connectivity index (χ1v) is 6.16. The zero-order valence-electron chi connectivity index (χ0n) is 10.8. The van der Waals surface area contributed by atoms with Crippen molar-refractivity contribution in [1.82, 2.24) is 5.32 Å². The molecule has 20 heavy (non-hydrogen) atoms. The number of phenols is 2. The topological polar surface area (TPSA) is 95.6 Å². The molecular weight excluding hydrogens is 256 g/mol. The Bertz CT molecular complexity index is 599. The molecule has 1 amide bonds. The van der Waals surface area contributed by atoms with Crippen LogP contribution < -0.4 is 11.1 Å². The van der Waals surface area contributed by atoms with Crippen molar-refractivity contribution in [2.24, 2.45) is 5.73 Å². The maximum atomic E-state index is 11.5. The number of benzene rings is 2. The summed E-state index contributed by atoms with van der Waals surface area (Å²) in [4.78, 5) is 11.5. The van der Waals surface area contributed by atoms with Gasteiger partial charge in [-0.25, -0.2) is 0 Å². The Balaban J connectivity index is 2.15. The molecule has 0 aliphatic heterocycles. The van der Waals surface area contributed by atoms with Gasteiger partial charge >= 0.3 is 0 Å². The van der Waals surface area contributed by atoms with Gasteiger partial charge in [-0.1, -0.05) is 36.4 Å². The highest BCUT2D eigenvalue weighted by Crippen LogP contribution is 2.27. The Hall–Kier alpha value is -2.53. The predicted octanol–water partition coefficient (Wildman–Crippen LogP) is 1.41. The number of phenolic OH excluding ortho intramolecular Hbond substituents is 2. The summed E-state index contributed by atoms with van der Waals surface area (Å²) in [5, 5.41) is 21.8. The average Bonchev–Trinajstić information content (AvgIpc) is 2.43. The zero-order chi connectivity index (χ0) is 14.5. The molecule has 1 unspecified atom stereocenters. The lowest BCUT2D eigenvalue weighted by Gasteiger charge is -2.16. The molecule has 104 valence electrons. The van der Waals surface area contributed by atoms with Gasteiger partial charge in [-0.05, 0) is 23.3 Å². The third kappa shape index (κ3) is 3.27. The molecule has 0 aromatic heterocycles. The minimum atomic E-state index is -0.735. The normalized spacial score (nSPS) is 12.0. The first-order chi connectivity index (χ1) is 9.58. The summed E-state index contributed by atoms with van der Waals surface area (Å²) in [5.41, 5.74) is 6.89. The van der Waals surface area contributed by atoms with E-state index in [1.165, 1.54) is 12.1 Å². The number of rotatable bonds is 5. The number of primary amides is 1. The van der Waals surface area contributed by atoms with Crippen LogP contribution in [-0.4, -0.2) is 16.1 Å². The molecule has 0 bridgehead atoms. The second-order valence-corrected chi connectivity index (χ2v) is 4.45. The molecule has 0 aliphatic carbocycles. The molecule has 0 aliphatic rings. The zero-order valence-corrected chi connectivity index (χ0v) is 10.8. The van der Waals surface area contributed by atoms with E-state index < -0.39 is 11.9 Å². The number of nitrogens with two attached hydrogens (primary N) is 1. The van der Waals surface area contributed by atoms with E-state index in [4.69, 9.17) is 5.73 Å². The molecule has 2 aromatic carbocycles. The van der Waals surface area contributed by atoms with E-state index in [0.717, 1.165) is 5.56 Å². The highest BCUT2D eigenvalue weighted by molar-refractivity contribution is 5.81. The number of aromatic hydroxyl groups is 2. The number of hydrogen-bond donors (Lipinski definition) is 4. The molecular formula is C15H16N2O3. The van der Waals surface area contributed by atoms with Crippen molar-refractivity contribution in [3.8, 4) is 11.5 Å². The first kappa shape index (κ1) is 13.9. The van der Waals surface area contributed by atoms with Crippen LogP contribution in [0.25, 0.3) is 0 Å². The van der Waals surface area contributed by atoms with Crippen LogP contribution in [0.3, 0.4) is 0 Å². The maximum absolute atomic E-state index is 11.5. The van der Waals surface area contributed by atoms with E-state index in [9.17, 15) is 15.0 Å². The maximum Gasteiger partial charge on any atom is 0.239 e. The molecule has 5 heteroatoms. The molecule has 0 heterocycles. The van der Waals surface area contributed by atoms with Crippen molar-refractivity contribution < 1.29 is 15.0 Å². The van der Waals surface area contributed by atoms with Crippen molar-refractivity contribution in [3.63, 3.8) is 0 Å². The average molecular weight is 272 g/mol. The van der Waals surface area contributed by atoms with E-state index in [1.807, 2.05) is 30.3 Å². The van der Waals surface area contributed by atoms with Crippen molar-refractivity contribution in [2.75, 3.05) is 0 Å². The summed E-state index contributed by atoms with van der Waals surface area (Å²) in [7, 11) is 0. The Kier molecular flexibility index (Phi) is 4.22. The Morgan fingerprint density at radius 2 is 1.80 bits per heavy atom. The standard InChI is InChI=1S/C15H16N2O3/c16-15(20)14(11-6-7-12(18)13(19)8-11)17-9-10-4-2-1-3-5-10/h1-8,14,17-19H,9H2,(H2,16,20). The second kappa shape index (κ2) is 6.08. The van der Waals surface area contributed by atoms with Crippen LogP contribution in [0, 0.1) is 0 Å². The van der Waals surface area contributed by atoms with Gasteiger partial charge in [0, 0.05) is 6.54 Å². The van der Waals surface area contributed by atoms with Gasteiger partial charge in [0.2, 0.25) is 5.91 Å². The number of nitrogens with one attached hydrogen (secondary N) is 1. The second-order valence-electron chi connectivity index (χ2n) is 4.45. The number of hydrogen-bond acceptors (Lipinski definition) is 4. The van der Waals surface area contributed by atoms with Gasteiger partial charge in [-0.15, -0.1) is 0 Å². The highest BCUT2D eigenvalue weighted by Gasteiger charge is 2.18. The van der Waals surface area contributed by atoms with Crippen molar-refractivity contribution in [2.45, 2.75) is 12.6 Å². The molecule has 0 fully saturated rings. The predicted molar refractivity (Wildman–Crippen MR) is 75.0 cm³/mol. The van der Waals surface area contributed by atoms with Gasteiger partial charge in [-0.2, -0.15) is 0 Å². The van der Waals surface area contributed by atoms with Gasteiger partial charge in [0.25, 0.3) is 0 Å². The molecule has 0 spiro atoms. The number of amides is 1. The smallest absolute Gasteiger partial charge is 0.239 e. The number of carbonyl (C=O) groups is 1. The van der Waals surface area contributed by atoms with E-state index in [2.05, 4.69) is 5.32 Å². The summed E-state index contributed by atoms with van der Waals surface area (Å²) >= 11 is 0. The van der Waals surface area contributed by atoms with E-state index in [-0.39, 0.29) is 11.5 Å². The molecule has 0 saturated heterocycles. The van der Waals surface area contributed by atoms with Gasteiger partial charge in [-0.3, -0.25) is 10.1 Å². The molecule has 2 rings (SSSR count). The highest BCUT2D eigenvalue weighted by atomic mass is 16.3.